The molecular formula is C30H43NO. The second-order valence-electron chi connectivity index (χ2n) is 9.41. The Balaban J connectivity index is 1.66. The summed E-state index contributed by atoms with van der Waals surface area (Å²) in [5.41, 5.74) is 1.04. The first kappa shape index (κ1) is 24.7. The zero-order valence-electron chi connectivity index (χ0n) is 20.4. The first-order chi connectivity index (χ1) is 15.7. The summed E-state index contributed by atoms with van der Waals surface area (Å²) in [6.07, 6.45) is 12.6. The maximum Gasteiger partial charge on any atom is 0.0917 e. The van der Waals surface area contributed by atoms with E-state index in [2.05, 4.69) is 73.3 Å². The van der Waals surface area contributed by atoms with Gasteiger partial charge in [0.1, 0.15) is 0 Å². The van der Waals surface area contributed by atoms with E-state index in [0.29, 0.717) is 0 Å². The number of aliphatic hydroxyl groups is 1. The van der Waals surface area contributed by atoms with Crippen LogP contribution in [0.2, 0.25) is 0 Å². The Kier molecular flexibility index (Phi) is 10.5. The maximum absolute atomic E-state index is 11.2. The molecule has 0 bridgehead atoms. The van der Waals surface area contributed by atoms with Crippen molar-refractivity contribution in [3.63, 3.8) is 0 Å². The van der Waals surface area contributed by atoms with Crippen molar-refractivity contribution in [3.8, 4) is 0 Å². The van der Waals surface area contributed by atoms with Gasteiger partial charge < -0.3 is 10.0 Å². The summed E-state index contributed by atoms with van der Waals surface area (Å²) >= 11 is 0. The molecule has 174 valence electrons. The third-order valence-electron chi connectivity index (χ3n) is 6.74. The lowest BCUT2D eigenvalue weighted by atomic mass is 9.98. The van der Waals surface area contributed by atoms with Crippen LogP contribution < -0.4 is 0 Å². The van der Waals surface area contributed by atoms with Crippen molar-refractivity contribution in [1.29, 1.82) is 0 Å². The highest BCUT2D eigenvalue weighted by molar-refractivity contribution is 6.07. The molecule has 0 heterocycles. The Morgan fingerprint density at radius 2 is 1.22 bits per heavy atom. The number of rotatable bonds is 15. The van der Waals surface area contributed by atoms with Crippen LogP contribution in [0.15, 0.2) is 54.6 Å². The Hall–Kier alpha value is -1.90. The average molecular weight is 434 g/mol. The van der Waals surface area contributed by atoms with E-state index in [9.17, 15) is 5.11 Å². The van der Waals surface area contributed by atoms with Crippen LogP contribution in [-0.2, 0) is 0 Å². The number of hydrogen-bond donors (Lipinski definition) is 1. The van der Waals surface area contributed by atoms with Crippen LogP contribution in [0.1, 0.15) is 89.7 Å². The molecule has 0 saturated carbocycles. The SMILES string of the molecule is CCCCCCCN(CCCCCCC)C[C@H](O)c1ccc2ccc3ccccc3c2c1. The van der Waals surface area contributed by atoms with E-state index in [0.717, 1.165) is 25.2 Å². The molecule has 0 unspecified atom stereocenters. The van der Waals surface area contributed by atoms with Crippen LogP contribution >= 0.6 is 0 Å². The van der Waals surface area contributed by atoms with Gasteiger partial charge in [-0.15, -0.1) is 0 Å². The Bertz CT molecular complexity index is 920. The highest BCUT2D eigenvalue weighted by Gasteiger charge is 2.14. The minimum atomic E-state index is -0.440. The quantitative estimate of drug-likeness (QED) is 0.192. The fourth-order valence-electron chi connectivity index (χ4n) is 4.75. The van der Waals surface area contributed by atoms with Crippen LogP contribution in [0.5, 0.6) is 0 Å². The third kappa shape index (κ3) is 7.32. The fourth-order valence-corrected chi connectivity index (χ4v) is 4.75. The molecule has 2 heteroatoms. The van der Waals surface area contributed by atoms with Crippen LogP contribution in [0.3, 0.4) is 0 Å². The van der Waals surface area contributed by atoms with Gasteiger partial charge in [-0.05, 0) is 59.1 Å². The molecule has 0 aliphatic rings. The predicted molar refractivity (Wildman–Crippen MR) is 140 cm³/mol. The predicted octanol–water partition coefficient (Wildman–Crippen LogP) is 8.27. The molecule has 0 saturated heterocycles. The summed E-state index contributed by atoms with van der Waals surface area (Å²) in [4.78, 5) is 2.51. The third-order valence-corrected chi connectivity index (χ3v) is 6.74. The van der Waals surface area contributed by atoms with Crippen molar-refractivity contribution < 1.29 is 5.11 Å². The summed E-state index contributed by atoms with van der Waals surface area (Å²) in [5.74, 6) is 0. The molecule has 32 heavy (non-hydrogen) atoms. The van der Waals surface area contributed by atoms with E-state index in [1.165, 1.54) is 85.8 Å². The van der Waals surface area contributed by atoms with Gasteiger partial charge in [0.2, 0.25) is 0 Å². The summed E-state index contributed by atoms with van der Waals surface area (Å²) in [6.45, 7) is 7.48. The van der Waals surface area contributed by atoms with Gasteiger partial charge in [-0.1, -0.05) is 114 Å². The number of nitrogens with zero attached hydrogens (tertiary/aromatic N) is 1. The molecule has 2 nitrogen and oxygen atoms in total. The molecule has 0 aromatic heterocycles. The maximum atomic E-state index is 11.2. The largest absolute Gasteiger partial charge is 0.387 e. The van der Waals surface area contributed by atoms with Crippen molar-refractivity contribution in [2.24, 2.45) is 0 Å². The van der Waals surface area contributed by atoms with E-state index >= 15 is 0 Å². The smallest absolute Gasteiger partial charge is 0.0917 e. The minimum absolute atomic E-state index is 0.440. The highest BCUT2D eigenvalue weighted by Crippen LogP contribution is 2.28. The molecule has 0 fully saturated rings. The fraction of sp³-hybridized carbons (Fsp3) is 0.533. The molecule has 1 N–H and O–H groups in total. The number of unbranched alkanes of at least 4 members (excludes halogenated alkanes) is 8. The van der Waals surface area contributed by atoms with Gasteiger partial charge in [0.15, 0.2) is 0 Å². The normalized spacial score (nSPS) is 12.8. The lowest BCUT2D eigenvalue weighted by Gasteiger charge is -2.25. The monoisotopic (exact) mass is 433 g/mol. The minimum Gasteiger partial charge on any atom is -0.387 e. The lowest BCUT2D eigenvalue weighted by molar-refractivity contribution is 0.110. The van der Waals surface area contributed by atoms with Crippen molar-refractivity contribution >= 4 is 21.5 Å². The van der Waals surface area contributed by atoms with E-state index in [1.54, 1.807) is 0 Å². The standard InChI is InChI=1S/C30H43NO/c1-3-5-7-9-13-21-31(22-14-10-8-6-4-2)24-30(32)27-20-19-26-18-17-25-15-11-12-16-28(25)29(26)23-27/h11-12,15-20,23,30,32H,3-10,13-14,21-22,24H2,1-2H3/t30-/m0/s1. The van der Waals surface area contributed by atoms with E-state index in [4.69, 9.17) is 0 Å². The first-order valence-electron chi connectivity index (χ1n) is 13.0. The number of benzene rings is 3. The zero-order chi connectivity index (χ0) is 22.6. The topological polar surface area (TPSA) is 23.5 Å². The average Bonchev–Trinajstić information content (AvgIpc) is 2.83. The highest BCUT2D eigenvalue weighted by atomic mass is 16.3. The zero-order valence-corrected chi connectivity index (χ0v) is 20.4. The number of aliphatic hydroxyl groups excluding tert-OH is 1. The molecular weight excluding hydrogens is 390 g/mol. The summed E-state index contributed by atoms with van der Waals surface area (Å²) in [7, 11) is 0. The summed E-state index contributed by atoms with van der Waals surface area (Å²) in [5, 5.41) is 16.2. The van der Waals surface area contributed by atoms with Gasteiger partial charge in [-0.3, -0.25) is 0 Å². The second kappa shape index (κ2) is 13.6. The van der Waals surface area contributed by atoms with Crippen LogP contribution in [0.25, 0.3) is 21.5 Å². The lowest BCUT2D eigenvalue weighted by Crippen LogP contribution is -2.31. The van der Waals surface area contributed by atoms with Crippen molar-refractivity contribution in [2.45, 2.75) is 84.2 Å². The summed E-state index contributed by atoms with van der Waals surface area (Å²) in [6, 6.07) is 19.4. The van der Waals surface area contributed by atoms with E-state index in [-0.39, 0.29) is 0 Å². The van der Waals surface area contributed by atoms with E-state index < -0.39 is 6.10 Å². The molecule has 0 radical (unpaired) electrons. The first-order valence-corrected chi connectivity index (χ1v) is 13.0. The Morgan fingerprint density at radius 3 is 1.88 bits per heavy atom. The van der Waals surface area contributed by atoms with Gasteiger partial charge >= 0.3 is 0 Å². The molecule has 0 aliphatic heterocycles. The van der Waals surface area contributed by atoms with Gasteiger partial charge in [0.05, 0.1) is 6.10 Å². The molecule has 3 rings (SSSR count). The van der Waals surface area contributed by atoms with Crippen LogP contribution in [0.4, 0.5) is 0 Å². The molecule has 3 aromatic rings. The Labute approximate surface area is 195 Å². The van der Waals surface area contributed by atoms with Gasteiger partial charge in [-0.2, -0.15) is 0 Å². The van der Waals surface area contributed by atoms with Crippen molar-refractivity contribution in [3.05, 3.63) is 60.2 Å². The van der Waals surface area contributed by atoms with E-state index in [1.807, 2.05) is 0 Å². The number of hydrogen-bond acceptors (Lipinski definition) is 2. The molecule has 1 atom stereocenters. The molecule has 3 aromatic carbocycles. The van der Waals surface area contributed by atoms with Crippen molar-refractivity contribution in [1.82, 2.24) is 4.90 Å². The Morgan fingerprint density at radius 1 is 0.656 bits per heavy atom. The van der Waals surface area contributed by atoms with Crippen LogP contribution in [-0.4, -0.2) is 29.6 Å². The van der Waals surface area contributed by atoms with Gasteiger partial charge in [0, 0.05) is 6.54 Å². The van der Waals surface area contributed by atoms with Gasteiger partial charge in [-0.25, -0.2) is 0 Å². The second-order valence-corrected chi connectivity index (χ2v) is 9.41. The summed E-state index contributed by atoms with van der Waals surface area (Å²) < 4.78 is 0. The number of fused-ring (bicyclic) bond motifs is 3. The van der Waals surface area contributed by atoms with Gasteiger partial charge in [0.25, 0.3) is 0 Å². The molecule has 0 amide bonds. The van der Waals surface area contributed by atoms with Crippen LogP contribution in [0, 0.1) is 0 Å². The molecule has 0 spiro atoms. The molecule has 0 aliphatic carbocycles. The van der Waals surface area contributed by atoms with Crippen molar-refractivity contribution in [2.75, 3.05) is 19.6 Å².